The highest BCUT2D eigenvalue weighted by atomic mass is 35.5. The number of hydrogen-bond donors (Lipinski definition) is 1. The van der Waals surface area contributed by atoms with Gasteiger partial charge in [-0.3, -0.25) is 4.98 Å². The molecule has 0 bridgehead atoms. The average molecular weight is 290 g/mol. The van der Waals surface area contributed by atoms with E-state index in [2.05, 4.69) is 9.97 Å². The van der Waals surface area contributed by atoms with Crippen LogP contribution in [0.15, 0.2) is 30.6 Å². The van der Waals surface area contributed by atoms with Gasteiger partial charge in [-0.25, -0.2) is 0 Å². The minimum atomic E-state index is -4.56. The molecule has 1 aromatic carbocycles. The third-order valence-electron chi connectivity index (χ3n) is 2.10. The first kappa shape index (κ1) is 13.4. The number of nitrogens with two attached hydrogens (primary N) is 1. The summed E-state index contributed by atoms with van der Waals surface area (Å²) in [5.41, 5.74) is 4.40. The molecule has 2 aromatic rings. The van der Waals surface area contributed by atoms with Gasteiger partial charge in [0.2, 0.25) is 5.88 Å². The molecule has 0 aliphatic carbocycles. The molecule has 19 heavy (non-hydrogen) atoms. The normalized spacial score (nSPS) is 11.4. The number of ether oxygens (including phenoxy) is 1. The summed E-state index contributed by atoms with van der Waals surface area (Å²) >= 11 is 5.49. The van der Waals surface area contributed by atoms with Crippen molar-refractivity contribution in [3.05, 3.63) is 41.2 Å². The summed E-state index contributed by atoms with van der Waals surface area (Å²) in [5.74, 6) is 0.0366. The van der Waals surface area contributed by atoms with Crippen LogP contribution in [-0.4, -0.2) is 9.97 Å². The van der Waals surface area contributed by atoms with Gasteiger partial charge in [-0.15, -0.1) is 0 Å². The van der Waals surface area contributed by atoms with Gasteiger partial charge in [-0.05, 0) is 18.2 Å². The molecular formula is C11H7ClF3N3O. The summed E-state index contributed by atoms with van der Waals surface area (Å²) < 4.78 is 43.1. The Morgan fingerprint density at radius 3 is 2.58 bits per heavy atom. The molecule has 0 spiro atoms. The first-order chi connectivity index (χ1) is 8.86. The number of nitrogen functional groups attached to an aromatic ring is 1. The van der Waals surface area contributed by atoms with E-state index in [1.807, 2.05) is 0 Å². The number of hydrogen-bond acceptors (Lipinski definition) is 4. The highest BCUT2D eigenvalue weighted by Crippen LogP contribution is 2.37. The summed E-state index contributed by atoms with van der Waals surface area (Å²) in [5, 5.41) is -0.404. The molecule has 1 aromatic heterocycles. The van der Waals surface area contributed by atoms with Crippen LogP contribution in [0.5, 0.6) is 11.6 Å². The summed E-state index contributed by atoms with van der Waals surface area (Å²) in [7, 11) is 0. The van der Waals surface area contributed by atoms with Gasteiger partial charge in [0.05, 0.1) is 23.0 Å². The lowest BCUT2D eigenvalue weighted by Gasteiger charge is -2.11. The fourth-order valence-electron chi connectivity index (χ4n) is 1.32. The molecule has 0 radical (unpaired) electrons. The Hall–Kier alpha value is -2.02. The molecular weight excluding hydrogens is 283 g/mol. The molecule has 1 heterocycles. The van der Waals surface area contributed by atoms with E-state index in [9.17, 15) is 13.2 Å². The summed E-state index contributed by atoms with van der Waals surface area (Å²) in [6, 6.07) is 3.18. The number of nitrogens with zero attached hydrogens (tertiary/aromatic N) is 2. The van der Waals surface area contributed by atoms with Gasteiger partial charge < -0.3 is 10.5 Å². The Bertz CT molecular complexity index is 604. The standard InChI is InChI=1S/C11H7ClF3N3O/c12-8-2-1-6(3-7(8)11(13,14)15)19-10-5-17-4-9(16)18-10/h1-5H,(H2,16,18). The number of aromatic nitrogens is 2. The van der Waals surface area contributed by atoms with Gasteiger partial charge >= 0.3 is 6.18 Å². The molecule has 0 aliphatic rings. The first-order valence-corrected chi connectivity index (χ1v) is 5.36. The number of rotatable bonds is 2. The minimum Gasteiger partial charge on any atom is -0.437 e. The Labute approximate surface area is 111 Å². The van der Waals surface area contributed by atoms with E-state index in [0.717, 1.165) is 12.1 Å². The van der Waals surface area contributed by atoms with E-state index in [-0.39, 0.29) is 17.4 Å². The van der Waals surface area contributed by atoms with Crippen LogP contribution in [0.4, 0.5) is 19.0 Å². The molecule has 100 valence electrons. The van der Waals surface area contributed by atoms with E-state index < -0.39 is 16.8 Å². The second-order valence-corrected chi connectivity index (χ2v) is 3.93. The van der Waals surface area contributed by atoms with Crippen LogP contribution in [0, 0.1) is 0 Å². The maximum Gasteiger partial charge on any atom is 0.417 e. The van der Waals surface area contributed by atoms with Gasteiger partial charge in [-0.1, -0.05) is 11.6 Å². The highest BCUT2D eigenvalue weighted by molar-refractivity contribution is 6.31. The predicted molar refractivity (Wildman–Crippen MR) is 63.0 cm³/mol. The lowest BCUT2D eigenvalue weighted by atomic mass is 10.2. The van der Waals surface area contributed by atoms with Crippen LogP contribution < -0.4 is 10.5 Å². The van der Waals surface area contributed by atoms with Crippen molar-refractivity contribution in [2.75, 3.05) is 5.73 Å². The number of anilines is 1. The van der Waals surface area contributed by atoms with Crippen molar-refractivity contribution in [2.24, 2.45) is 0 Å². The van der Waals surface area contributed by atoms with E-state index in [0.29, 0.717) is 0 Å². The zero-order chi connectivity index (χ0) is 14.0. The van der Waals surface area contributed by atoms with Crippen molar-refractivity contribution < 1.29 is 17.9 Å². The van der Waals surface area contributed by atoms with Gasteiger partial charge in [0.25, 0.3) is 0 Å². The van der Waals surface area contributed by atoms with Gasteiger partial charge in [0.15, 0.2) is 0 Å². The number of benzene rings is 1. The number of halogens is 4. The van der Waals surface area contributed by atoms with Crippen molar-refractivity contribution in [3.8, 4) is 11.6 Å². The third-order valence-corrected chi connectivity index (χ3v) is 2.43. The molecule has 0 fully saturated rings. The zero-order valence-corrected chi connectivity index (χ0v) is 10.0. The molecule has 0 unspecified atom stereocenters. The molecule has 2 N–H and O–H groups in total. The second-order valence-electron chi connectivity index (χ2n) is 3.52. The second kappa shape index (κ2) is 4.93. The predicted octanol–water partition coefficient (Wildman–Crippen LogP) is 3.52. The van der Waals surface area contributed by atoms with Crippen LogP contribution in [0.1, 0.15) is 5.56 Å². The Kier molecular flexibility index (Phi) is 3.48. The molecule has 0 atom stereocenters. The zero-order valence-electron chi connectivity index (χ0n) is 9.28. The van der Waals surface area contributed by atoms with Gasteiger partial charge in [-0.2, -0.15) is 18.2 Å². The molecule has 0 aliphatic heterocycles. The van der Waals surface area contributed by atoms with Crippen molar-refractivity contribution in [1.82, 2.24) is 9.97 Å². The Morgan fingerprint density at radius 2 is 1.95 bits per heavy atom. The first-order valence-electron chi connectivity index (χ1n) is 4.98. The molecule has 0 amide bonds. The van der Waals surface area contributed by atoms with Crippen molar-refractivity contribution in [3.63, 3.8) is 0 Å². The van der Waals surface area contributed by atoms with E-state index in [4.69, 9.17) is 22.1 Å². The van der Waals surface area contributed by atoms with E-state index >= 15 is 0 Å². The average Bonchev–Trinajstić information content (AvgIpc) is 2.30. The van der Waals surface area contributed by atoms with Crippen molar-refractivity contribution in [1.29, 1.82) is 0 Å². The van der Waals surface area contributed by atoms with E-state index in [1.165, 1.54) is 18.5 Å². The maximum absolute atomic E-state index is 12.6. The van der Waals surface area contributed by atoms with E-state index in [1.54, 1.807) is 0 Å². The lowest BCUT2D eigenvalue weighted by Crippen LogP contribution is -2.06. The van der Waals surface area contributed by atoms with Crippen LogP contribution >= 0.6 is 11.6 Å². The third kappa shape index (κ3) is 3.25. The summed E-state index contributed by atoms with van der Waals surface area (Å²) in [6.07, 6.45) is -2.04. The minimum absolute atomic E-state index is 0.00422. The molecule has 4 nitrogen and oxygen atoms in total. The van der Waals surface area contributed by atoms with Crippen LogP contribution in [0.25, 0.3) is 0 Å². The molecule has 8 heteroatoms. The van der Waals surface area contributed by atoms with Crippen molar-refractivity contribution in [2.45, 2.75) is 6.18 Å². The number of alkyl halides is 3. The monoisotopic (exact) mass is 289 g/mol. The van der Waals surface area contributed by atoms with Crippen LogP contribution in [0.2, 0.25) is 5.02 Å². The Morgan fingerprint density at radius 1 is 1.21 bits per heavy atom. The van der Waals surface area contributed by atoms with Gasteiger partial charge in [0, 0.05) is 0 Å². The molecule has 0 saturated heterocycles. The fourth-order valence-corrected chi connectivity index (χ4v) is 1.54. The van der Waals surface area contributed by atoms with Crippen LogP contribution in [-0.2, 0) is 6.18 Å². The molecule has 2 rings (SSSR count). The quantitative estimate of drug-likeness (QED) is 0.919. The smallest absolute Gasteiger partial charge is 0.417 e. The topological polar surface area (TPSA) is 61.0 Å². The SMILES string of the molecule is Nc1cncc(Oc2ccc(Cl)c(C(F)(F)F)c2)n1. The van der Waals surface area contributed by atoms with Crippen molar-refractivity contribution >= 4 is 17.4 Å². The largest absolute Gasteiger partial charge is 0.437 e. The summed E-state index contributed by atoms with van der Waals surface area (Å²) in [4.78, 5) is 7.47. The summed E-state index contributed by atoms with van der Waals surface area (Å²) in [6.45, 7) is 0. The molecule has 0 saturated carbocycles. The van der Waals surface area contributed by atoms with Gasteiger partial charge in [0.1, 0.15) is 11.6 Å². The highest BCUT2D eigenvalue weighted by Gasteiger charge is 2.33. The lowest BCUT2D eigenvalue weighted by molar-refractivity contribution is -0.137. The fraction of sp³-hybridized carbons (Fsp3) is 0.0909. The maximum atomic E-state index is 12.6. The Balaban J connectivity index is 2.32. The van der Waals surface area contributed by atoms with Crippen LogP contribution in [0.3, 0.4) is 0 Å².